The van der Waals surface area contributed by atoms with Crippen LogP contribution in [0.15, 0.2) is 72.1 Å². The summed E-state index contributed by atoms with van der Waals surface area (Å²) >= 11 is 1.47. The lowest BCUT2D eigenvalue weighted by Crippen LogP contribution is -2.49. The highest BCUT2D eigenvalue weighted by atomic mass is 32.1. The average molecular weight is 487 g/mol. The van der Waals surface area contributed by atoms with Crippen LogP contribution in [0, 0.1) is 5.82 Å². The predicted molar refractivity (Wildman–Crippen MR) is 138 cm³/mol. The van der Waals surface area contributed by atoms with E-state index in [2.05, 4.69) is 11.8 Å². The summed E-state index contributed by atoms with van der Waals surface area (Å²) in [4.78, 5) is 27.6. The lowest BCUT2D eigenvalue weighted by Gasteiger charge is -2.36. The Morgan fingerprint density at radius 1 is 0.943 bits per heavy atom. The van der Waals surface area contributed by atoms with Gasteiger partial charge in [-0.25, -0.2) is 14.4 Å². The zero-order chi connectivity index (χ0) is 24.2. The van der Waals surface area contributed by atoms with Crippen molar-refractivity contribution in [3.8, 4) is 11.4 Å². The van der Waals surface area contributed by atoms with Gasteiger partial charge in [0.25, 0.3) is 5.91 Å². The van der Waals surface area contributed by atoms with Gasteiger partial charge in [-0.2, -0.15) is 0 Å². The summed E-state index contributed by atoms with van der Waals surface area (Å²) in [5.41, 5.74) is 3.46. The van der Waals surface area contributed by atoms with Crippen LogP contribution in [-0.2, 0) is 12.8 Å². The van der Waals surface area contributed by atoms with Gasteiger partial charge in [-0.15, -0.1) is 11.3 Å². The molecule has 4 aromatic rings. The van der Waals surface area contributed by atoms with Crippen LogP contribution in [0.5, 0.6) is 0 Å². The molecule has 178 valence electrons. The van der Waals surface area contributed by atoms with Crippen LogP contribution in [0.2, 0.25) is 0 Å². The molecule has 2 aromatic carbocycles. The van der Waals surface area contributed by atoms with Crippen molar-refractivity contribution in [2.45, 2.75) is 19.8 Å². The molecule has 0 N–H and O–H groups in total. The number of thiophene rings is 1. The SMILES string of the molecule is CCc1nc(-c2ccccc2)nc(N2CCN(C(=O)c3cccs3)CC2)c1Cc1ccccc1F. The van der Waals surface area contributed by atoms with Gasteiger partial charge in [0.05, 0.1) is 4.88 Å². The topological polar surface area (TPSA) is 49.3 Å². The number of hydrogen-bond donors (Lipinski definition) is 0. The van der Waals surface area contributed by atoms with Crippen molar-refractivity contribution in [1.82, 2.24) is 14.9 Å². The second-order valence-corrected chi connectivity index (χ2v) is 9.49. The van der Waals surface area contributed by atoms with E-state index in [4.69, 9.17) is 9.97 Å². The Kier molecular flexibility index (Phi) is 6.86. The summed E-state index contributed by atoms with van der Waals surface area (Å²) in [6.45, 7) is 4.62. The summed E-state index contributed by atoms with van der Waals surface area (Å²) in [5.74, 6) is 1.36. The van der Waals surface area contributed by atoms with Crippen LogP contribution in [0.4, 0.5) is 10.2 Å². The lowest BCUT2D eigenvalue weighted by atomic mass is 10.0. The van der Waals surface area contributed by atoms with Crippen molar-refractivity contribution < 1.29 is 9.18 Å². The number of anilines is 1. The summed E-state index contributed by atoms with van der Waals surface area (Å²) in [7, 11) is 0. The van der Waals surface area contributed by atoms with Crippen molar-refractivity contribution in [3.05, 3.63) is 99.6 Å². The van der Waals surface area contributed by atoms with Gasteiger partial charge in [-0.1, -0.05) is 61.5 Å². The molecule has 0 spiro atoms. The number of aryl methyl sites for hydroxylation is 1. The Morgan fingerprint density at radius 2 is 1.69 bits per heavy atom. The van der Waals surface area contributed by atoms with Crippen LogP contribution in [0.1, 0.15) is 33.4 Å². The van der Waals surface area contributed by atoms with Crippen molar-refractivity contribution in [2.75, 3.05) is 31.1 Å². The molecule has 7 heteroatoms. The normalized spacial score (nSPS) is 13.8. The molecule has 1 aliphatic rings. The maximum absolute atomic E-state index is 14.6. The Hall–Kier alpha value is -3.58. The minimum absolute atomic E-state index is 0.0770. The number of halogens is 1. The van der Waals surface area contributed by atoms with E-state index < -0.39 is 0 Å². The van der Waals surface area contributed by atoms with Gasteiger partial charge in [0, 0.05) is 49.4 Å². The number of carbonyl (C=O) groups excluding carboxylic acids is 1. The molecule has 1 aliphatic heterocycles. The molecule has 1 saturated heterocycles. The van der Waals surface area contributed by atoms with Crippen molar-refractivity contribution in [2.24, 2.45) is 0 Å². The summed E-state index contributed by atoms with van der Waals surface area (Å²) in [5, 5.41) is 1.93. The first-order chi connectivity index (χ1) is 17.1. The monoisotopic (exact) mass is 486 g/mol. The number of amides is 1. The molecule has 0 bridgehead atoms. The molecule has 0 radical (unpaired) electrons. The Bertz CT molecular complexity index is 1300. The molecular weight excluding hydrogens is 459 g/mol. The molecule has 2 aromatic heterocycles. The first-order valence-electron chi connectivity index (χ1n) is 11.9. The fraction of sp³-hybridized carbons (Fsp3) is 0.250. The van der Waals surface area contributed by atoms with Gasteiger partial charge in [0.2, 0.25) is 0 Å². The molecule has 5 nitrogen and oxygen atoms in total. The zero-order valence-electron chi connectivity index (χ0n) is 19.7. The van der Waals surface area contributed by atoms with Gasteiger partial charge >= 0.3 is 0 Å². The van der Waals surface area contributed by atoms with Crippen molar-refractivity contribution in [3.63, 3.8) is 0 Å². The number of carbonyl (C=O) groups is 1. The average Bonchev–Trinajstić information content (AvgIpc) is 3.45. The van der Waals surface area contributed by atoms with Crippen LogP contribution < -0.4 is 4.90 Å². The molecular formula is C28H27FN4OS. The maximum Gasteiger partial charge on any atom is 0.264 e. The van der Waals surface area contributed by atoms with E-state index in [1.54, 1.807) is 6.07 Å². The maximum atomic E-state index is 14.6. The van der Waals surface area contributed by atoms with E-state index >= 15 is 0 Å². The molecule has 35 heavy (non-hydrogen) atoms. The van der Waals surface area contributed by atoms with E-state index in [1.807, 2.05) is 64.9 Å². The van der Waals surface area contributed by atoms with Gasteiger partial charge in [-0.05, 0) is 29.5 Å². The Balaban J connectivity index is 1.50. The highest BCUT2D eigenvalue weighted by Crippen LogP contribution is 2.30. The number of rotatable bonds is 6. The van der Waals surface area contributed by atoms with E-state index in [9.17, 15) is 9.18 Å². The number of nitrogens with zero attached hydrogens (tertiary/aromatic N) is 4. The van der Waals surface area contributed by atoms with Gasteiger partial charge < -0.3 is 9.80 Å². The predicted octanol–water partition coefficient (Wildman–Crippen LogP) is 5.46. The second kappa shape index (κ2) is 10.4. The minimum atomic E-state index is -0.223. The Morgan fingerprint density at radius 3 is 2.37 bits per heavy atom. The summed E-state index contributed by atoms with van der Waals surface area (Å²) in [6, 6.07) is 20.6. The van der Waals surface area contributed by atoms with Crippen LogP contribution in [0.3, 0.4) is 0 Å². The summed E-state index contributed by atoms with van der Waals surface area (Å²) in [6.07, 6.45) is 1.14. The quantitative estimate of drug-likeness (QED) is 0.363. The molecule has 0 aliphatic carbocycles. The number of piperazine rings is 1. The largest absolute Gasteiger partial charge is 0.353 e. The van der Waals surface area contributed by atoms with Gasteiger partial charge in [0.15, 0.2) is 5.82 Å². The fourth-order valence-corrected chi connectivity index (χ4v) is 5.17. The highest BCUT2D eigenvalue weighted by Gasteiger charge is 2.27. The standard InChI is InChI=1S/C28H27FN4OS/c1-2-24-22(19-21-11-6-7-12-23(21)29)27(31-26(30-24)20-9-4-3-5-10-20)32-14-16-33(17-15-32)28(34)25-13-8-18-35-25/h3-13,18H,2,14-17,19H2,1H3. The molecule has 1 amide bonds. The van der Waals surface area contributed by atoms with Crippen molar-refractivity contribution in [1.29, 1.82) is 0 Å². The lowest BCUT2D eigenvalue weighted by molar-refractivity contribution is 0.0751. The third-order valence-electron chi connectivity index (χ3n) is 6.36. The summed E-state index contributed by atoms with van der Waals surface area (Å²) < 4.78 is 14.6. The first-order valence-corrected chi connectivity index (χ1v) is 12.8. The molecule has 0 atom stereocenters. The minimum Gasteiger partial charge on any atom is -0.353 e. The molecule has 5 rings (SSSR count). The molecule has 1 fully saturated rings. The van der Waals surface area contributed by atoms with E-state index in [1.165, 1.54) is 17.4 Å². The van der Waals surface area contributed by atoms with Crippen LogP contribution in [0.25, 0.3) is 11.4 Å². The van der Waals surface area contributed by atoms with Gasteiger partial charge in [-0.3, -0.25) is 4.79 Å². The van der Waals surface area contributed by atoms with Gasteiger partial charge in [0.1, 0.15) is 11.6 Å². The first kappa shape index (κ1) is 23.2. The second-order valence-electron chi connectivity index (χ2n) is 8.54. The van der Waals surface area contributed by atoms with E-state index in [-0.39, 0.29) is 11.7 Å². The van der Waals surface area contributed by atoms with Crippen molar-refractivity contribution >= 4 is 23.1 Å². The third-order valence-corrected chi connectivity index (χ3v) is 7.22. The van der Waals surface area contributed by atoms with Crippen LogP contribution in [-0.4, -0.2) is 47.0 Å². The number of aromatic nitrogens is 2. The molecule has 0 unspecified atom stereocenters. The Labute approximate surface area is 208 Å². The van der Waals surface area contributed by atoms with E-state index in [0.29, 0.717) is 44.0 Å². The smallest absolute Gasteiger partial charge is 0.264 e. The highest BCUT2D eigenvalue weighted by molar-refractivity contribution is 7.12. The van der Waals surface area contributed by atoms with Crippen LogP contribution >= 0.6 is 11.3 Å². The fourth-order valence-electron chi connectivity index (χ4n) is 4.48. The third kappa shape index (κ3) is 4.95. The number of hydrogen-bond acceptors (Lipinski definition) is 5. The zero-order valence-corrected chi connectivity index (χ0v) is 20.5. The van der Waals surface area contributed by atoms with E-state index in [0.717, 1.165) is 33.9 Å². The molecule has 3 heterocycles. The molecule has 0 saturated carbocycles. The number of benzene rings is 2.